The van der Waals surface area contributed by atoms with Gasteiger partial charge in [-0.05, 0) is 63.2 Å². The second kappa shape index (κ2) is 9.61. The average molecular weight is 476 g/mol. The molecule has 0 atom stereocenters. The van der Waals surface area contributed by atoms with Crippen LogP contribution in [0.5, 0.6) is 0 Å². The monoisotopic (exact) mass is 475 g/mol. The number of hydrogen-bond donors (Lipinski definition) is 2. The number of anilines is 1. The molecule has 0 saturated carbocycles. The van der Waals surface area contributed by atoms with E-state index in [2.05, 4.69) is 10.3 Å². The first-order chi connectivity index (χ1) is 16.2. The first kappa shape index (κ1) is 23.4. The lowest BCUT2D eigenvalue weighted by molar-refractivity contribution is 0.0634. The Hall–Kier alpha value is -3.78. The lowest BCUT2D eigenvalue weighted by Crippen LogP contribution is -2.27. The summed E-state index contributed by atoms with van der Waals surface area (Å²) in [6.07, 6.45) is 3.20. The molecule has 0 fully saturated rings. The van der Waals surface area contributed by atoms with Crippen molar-refractivity contribution in [1.29, 1.82) is 0 Å². The van der Waals surface area contributed by atoms with Crippen molar-refractivity contribution in [1.82, 2.24) is 9.55 Å². The highest BCUT2D eigenvalue weighted by Crippen LogP contribution is 2.38. The maximum absolute atomic E-state index is 12.3. The number of rotatable bonds is 6. The minimum atomic E-state index is -0.968. The van der Waals surface area contributed by atoms with Gasteiger partial charge in [-0.15, -0.1) is 0 Å². The van der Waals surface area contributed by atoms with Gasteiger partial charge >= 0.3 is 12.1 Å². The second-order valence-electron chi connectivity index (χ2n) is 8.70. The average Bonchev–Trinajstić information content (AvgIpc) is 3.09. The van der Waals surface area contributed by atoms with Crippen LogP contribution in [0.25, 0.3) is 10.9 Å². The number of nitrogens with zero attached hydrogens (tertiary/aromatic N) is 2. The molecule has 174 valence electrons. The van der Waals surface area contributed by atoms with Gasteiger partial charge in [-0.1, -0.05) is 30.0 Å². The number of ether oxygens (including phenoxy) is 1. The van der Waals surface area contributed by atoms with Crippen molar-refractivity contribution in [3.63, 3.8) is 0 Å². The molecule has 0 spiro atoms. The Balaban J connectivity index is 1.73. The third-order valence-electron chi connectivity index (χ3n) is 4.89. The second-order valence-corrected chi connectivity index (χ2v) is 9.79. The maximum atomic E-state index is 12.3. The molecule has 0 unspecified atom stereocenters. The number of pyridine rings is 1. The van der Waals surface area contributed by atoms with Gasteiger partial charge in [0.05, 0.1) is 23.3 Å². The number of nitrogens with one attached hydrogen (secondary N) is 1. The van der Waals surface area contributed by atoms with Crippen LogP contribution in [0.15, 0.2) is 82.8 Å². The number of aromatic nitrogens is 2. The van der Waals surface area contributed by atoms with Gasteiger partial charge in [-0.25, -0.2) is 9.59 Å². The summed E-state index contributed by atoms with van der Waals surface area (Å²) in [6.45, 7) is 5.96. The van der Waals surface area contributed by atoms with Crippen LogP contribution in [-0.4, -0.2) is 32.3 Å². The predicted molar refractivity (Wildman–Crippen MR) is 133 cm³/mol. The van der Waals surface area contributed by atoms with Crippen LogP contribution in [0.3, 0.4) is 0 Å². The van der Waals surface area contributed by atoms with Gasteiger partial charge < -0.3 is 14.4 Å². The molecule has 2 N–H and O–H groups in total. The Kier molecular flexibility index (Phi) is 6.61. The Labute approximate surface area is 201 Å². The molecule has 0 aliphatic carbocycles. The van der Waals surface area contributed by atoms with E-state index in [0.717, 1.165) is 21.5 Å². The van der Waals surface area contributed by atoms with Crippen LogP contribution in [0.4, 0.5) is 10.5 Å². The molecule has 0 aliphatic heterocycles. The van der Waals surface area contributed by atoms with Gasteiger partial charge in [0.2, 0.25) is 0 Å². The number of carbonyl (C=O) groups excluding carboxylic acids is 1. The Morgan fingerprint density at radius 3 is 2.53 bits per heavy atom. The van der Waals surface area contributed by atoms with Crippen molar-refractivity contribution in [3.8, 4) is 0 Å². The van der Waals surface area contributed by atoms with Gasteiger partial charge in [0.1, 0.15) is 5.60 Å². The number of carbonyl (C=O) groups is 2. The number of carboxylic acid groups (broad SMARTS) is 1. The summed E-state index contributed by atoms with van der Waals surface area (Å²) < 4.78 is 7.42. The van der Waals surface area contributed by atoms with Crippen molar-refractivity contribution in [2.75, 3.05) is 5.32 Å². The van der Waals surface area contributed by atoms with E-state index < -0.39 is 17.7 Å². The van der Waals surface area contributed by atoms with E-state index in [9.17, 15) is 14.7 Å². The van der Waals surface area contributed by atoms with Crippen molar-refractivity contribution >= 4 is 40.4 Å². The predicted octanol–water partition coefficient (Wildman–Crippen LogP) is 6.28. The molecule has 2 aromatic carbocycles. The van der Waals surface area contributed by atoms with E-state index in [1.165, 1.54) is 11.8 Å². The third-order valence-corrected chi connectivity index (χ3v) is 6.01. The van der Waals surface area contributed by atoms with Crippen molar-refractivity contribution in [2.45, 2.75) is 42.7 Å². The normalized spacial score (nSPS) is 11.4. The number of carboxylic acids is 1. The lowest BCUT2D eigenvalue weighted by atomic mass is 10.2. The van der Waals surface area contributed by atoms with E-state index in [0.29, 0.717) is 17.1 Å². The van der Waals surface area contributed by atoms with Crippen LogP contribution in [0, 0.1) is 0 Å². The third kappa shape index (κ3) is 5.58. The number of benzene rings is 2. The summed E-state index contributed by atoms with van der Waals surface area (Å²) in [5.74, 6) is -0.968. The summed E-state index contributed by atoms with van der Waals surface area (Å²) >= 11 is 1.40. The SMILES string of the molecule is CC(C)(C)OC(=O)Nc1ccc2c(Sc3ccccc3C(=O)O)cn(Cc3ccccn3)c2c1. The molecule has 4 aromatic rings. The lowest BCUT2D eigenvalue weighted by Gasteiger charge is -2.19. The van der Waals surface area contributed by atoms with Gasteiger partial charge in [0.15, 0.2) is 0 Å². The zero-order valence-corrected chi connectivity index (χ0v) is 19.9. The fourth-order valence-electron chi connectivity index (χ4n) is 3.49. The largest absolute Gasteiger partial charge is 0.478 e. The van der Waals surface area contributed by atoms with Gasteiger partial charge in [-0.3, -0.25) is 10.3 Å². The Morgan fingerprint density at radius 1 is 1.06 bits per heavy atom. The van der Waals surface area contributed by atoms with Gasteiger partial charge in [0, 0.05) is 33.3 Å². The van der Waals surface area contributed by atoms with Gasteiger partial charge in [0.25, 0.3) is 0 Å². The molecule has 0 aliphatic rings. The highest BCUT2D eigenvalue weighted by molar-refractivity contribution is 7.99. The molecule has 2 aromatic heterocycles. The molecule has 1 amide bonds. The number of amides is 1. The standard InChI is InChI=1S/C26H25N3O4S/c1-26(2,3)33-25(32)28-17-11-12-19-21(14-17)29(15-18-8-6-7-13-27-18)16-23(19)34-22-10-5-4-9-20(22)24(30)31/h4-14,16H,15H2,1-3H3,(H,28,32)(H,30,31). The van der Waals surface area contributed by atoms with E-state index in [-0.39, 0.29) is 5.56 Å². The van der Waals surface area contributed by atoms with Crippen molar-refractivity contribution in [3.05, 3.63) is 84.3 Å². The summed E-state index contributed by atoms with van der Waals surface area (Å²) in [4.78, 5) is 30.0. The fourth-order valence-corrected chi connectivity index (χ4v) is 4.60. The molecular formula is C26H25N3O4S. The first-order valence-corrected chi connectivity index (χ1v) is 11.5. The molecule has 0 radical (unpaired) electrons. The quantitative estimate of drug-likeness (QED) is 0.341. The smallest absolute Gasteiger partial charge is 0.412 e. The minimum absolute atomic E-state index is 0.251. The highest BCUT2D eigenvalue weighted by Gasteiger charge is 2.18. The first-order valence-electron chi connectivity index (χ1n) is 10.7. The molecule has 4 rings (SSSR count). The molecule has 34 heavy (non-hydrogen) atoms. The minimum Gasteiger partial charge on any atom is -0.478 e. The molecule has 0 bridgehead atoms. The van der Waals surface area contributed by atoms with E-state index in [4.69, 9.17) is 4.74 Å². The number of aromatic carboxylic acids is 1. The van der Waals surface area contributed by atoms with Crippen LogP contribution >= 0.6 is 11.8 Å². The summed E-state index contributed by atoms with van der Waals surface area (Å²) in [6, 6.07) is 18.3. The summed E-state index contributed by atoms with van der Waals surface area (Å²) in [5.41, 5.74) is 2.02. The number of hydrogen-bond acceptors (Lipinski definition) is 5. The highest BCUT2D eigenvalue weighted by atomic mass is 32.2. The van der Waals surface area contributed by atoms with E-state index >= 15 is 0 Å². The van der Waals surface area contributed by atoms with E-state index in [1.54, 1.807) is 24.4 Å². The molecular weight excluding hydrogens is 450 g/mol. The fraction of sp³-hybridized carbons (Fsp3) is 0.192. The topological polar surface area (TPSA) is 93.5 Å². The van der Waals surface area contributed by atoms with E-state index in [1.807, 2.05) is 74.0 Å². The van der Waals surface area contributed by atoms with Crippen molar-refractivity contribution in [2.24, 2.45) is 0 Å². The van der Waals surface area contributed by atoms with Crippen LogP contribution < -0.4 is 5.32 Å². The summed E-state index contributed by atoms with van der Waals surface area (Å²) in [7, 11) is 0. The Morgan fingerprint density at radius 2 is 1.82 bits per heavy atom. The van der Waals surface area contributed by atoms with Gasteiger partial charge in [-0.2, -0.15) is 0 Å². The summed E-state index contributed by atoms with van der Waals surface area (Å²) in [5, 5.41) is 13.3. The molecule has 7 nitrogen and oxygen atoms in total. The maximum Gasteiger partial charge on any atom is 0.412 e. The Bertz CT molecular complexity index is 1340. The van der Waals surface area contributed by atoms with Crippen LogP contribution in [0.2, 0.25) is 0 Å². The van der Waals surface area contributed by atoms with Crippen LogP contribution in [-0.2, 0) is 11.3 Å². The molecule has 0 saturated heterocycles. The molecule has 8 heteroatoms. The van der Waals surface area contributed by atoms with Crippen LogP contribution in [0.1, 0.15) is 36.8 Å². The molecule has 2 heterocycles. The number of fused-ring (bicyclic) bond motifs is 1. The zero-order chi connectivity index (χ0) is 24.3. The van der Waals surface area contributed by atoms with Crippen molar-refractivity contribution < 1.29 is 19.4 Å². The zero-order valence-electron chi connectivity index (χ0n) is 19.1.